The third kappa shape index (κ3) is 16.0. The van der Waals surface area contributed by atoms with E-state index in [0.717, 1.165) is 6.54 Å². The lowest BCUT2D eigenvalue weighted by Gasteiger charge is -2.20. The molecule has 0 fully saturated rings. The van der Waals surface area contributed by atoms with Crippen LogP contribution in [0.25, 0.3) is 0 Å². The van der Waals surface area contributed by atoms with Gasteiger partial charge in [-0.1, -0.05) is 20.8 Å². The van der Waals surface area contributed by atoms with Crippen LogP contribution < -0.4 is 10.6 Å². The lowest BCUT2D eigenvalue weighted by Crippen LogP contribution is -2.38. The molecule has 0 aromatic carbocycles. The number of hydrogen-bond donors (Lipinski definition) is 2. The molecule has 0 atom stereocenters. The van der Waals surface area contributed by atoms with E-state index in [0.29, 0.717) is 46.2 Å². The standard InChI is InChI=1S/C17H36N2O4/c1-16(2,3)15(20)18-7-9-21-11-13-23-14-12-22-10-8-19-17(4,5)6/h19H,7-14H2,1-6H3,(H,18,20). The van der Waals surface area contributed by atoms with Gasteiger partial charge in [-0.25, -0.2) is 0 Å². The summed E-state index contributed by atoms with van der Waals surface area (Å²) in [5, 5.41) is 6.19. The van der Waals surface area contributed by atoms with E-state index in [1.165, 1.54) is 0 Å². The van der Waals surface area contributed by atoms with Gasteiger partial charge >= 0.3 is 0 Å². The molecule has 138 valence electrons. The monoisotopic (exact) mass is 332 g/mol. The van der Waals surface area contributed by atoms with Gasteiger partial charge in [-0.3, -0.25) is 4.79 Å². The molecule has 0 aliphatic rings. The van der Waals surface area contributed by atoms with Gasteiger partial charge in [0.05, 0.1) is 39.6 Å². The first-order valence-corrected chi connectivity index (χ1v) is 8.39. The quantitative estimate of drug-likeness (QED) is 0.531. The molecule has 6 heteroatoms. The Kier molecular flexibility index (Phi) is 11.4. The highest BCUT2D eigenvalue weighted by atomic mass is 16.5. The van der Waals surface area contributed by atoms with Crippen LogP contribution in [0.2, 0.25) is 0 Å². The minimum Gasteiger partial charge on any atom is -0.378 e. The lowest BCUT2D eigenvalue weighted by molar-refractivity contribution is -0.128. The Hall–Kier alpha value is -0.690. The normalized spacial score (nSPS) is 12.4. The predicted octanol–water partition coefficient (Wildman–Crippen LogP) is 1.59. The smallest absolute Gasteiger partial charge is 0.225 e. The number of nitrogens with one attached hydrogen (secondary N) is 2. The molecule has 0 spiro atoms. The fourth-order valence-corrected chi connectivity index (χ4v) is 1.54. The zero-order valence-corrected chi connectivity index (χ0v) is 15.8. The number of ether oxygens (including phenoxy) is 3. The fourth-order valence-electron chi connectivity index (χ4n) is 1.54. The molecule has 0 aromatic rings. The van der Waals surface area contributed by atoms with E-state index in [9.17, 15) is 4.79 Å². The van der Waals surface area contributed by atoms with Crippen molar-refractivity contribution < 1.29 is 19.0 Å². The molecule has 0 heterocycles. The summed E-state index contributed by atoms with van der Waals surface area (Å²) in [5.41, 5.74) is -0.227. The van der Waals surface area contributed by atoms with Crippen LogP contribution in [-0.4, -0.2) is 64.2 Å². The van der Waals surface area contributed by atoms with E-state index in [1.807, 2.05) is 20.8 Å². The first-order chi connectivity index (χ1) is 10.6. The highest BCUT2D eigenvalue weighted by Gasteiger charge is 2.20. The first kappa shape index (κ1) is 22.3. The van der Waals surface area contributed by atoms with Gasteiger partial charge in [-0.2, -0.15) is 0 Å². The number of carbonyl (C=O) groups excluding carboxylic acids is 1. The summed E-state index contributed by atoms with van der Waals surface area (Å²) in [7, 11) is 0. The van der Waals surface area contributed by atoms with Gasteiger partial charge in [0.25, 0.3) is 0 Å². The number of amides is 1. The second-order valence-corrected chi connectivity index (χ2v) is 7.52. The molecule has 0 unspecified atom stereocenters. The van der Waals surface area contributed by atoms with Crippen LogP contribution in [0.15, 0.2) is 0 Å². The second kappa shape index (κ2) is 11.8. The Labute approximate surface area is 141 Å². The molecule has 0 aliphatic carbocycles. The molecule has 0 rings (SSSR count). The van der Waals surface area contributed by atoms with E-state index in [1.54, 1.807) is 0 Å². The number of hydrogen-bond acceptors (Lipinski definition) is 5. The maximum absolute atomic E-state index is 11.6. The third-order valence-electron chi connectivity index (χ3n) is 2.86. The molecular weight excluding hydrogens is 296 g/mol. The van der Waals surface area contributed by atoms with Gasteiger partial charge in [0.2, 0.25) is 5.91 Å². The van der Waals surface area contributed by atoms with E-state index < -0.39 is 0 Å². The molecule has 0 radical (unpaired) electrons. The Balaban J connectivity index is 3.21. The van der Waals surface area contributed by atoms with Crippen molar-refractivity contribution in [3.8, 4) is 0 Å². The van der Waals surface area contributed by atoms with Crippen LogP contribution in [-0.2, 0) is 19.0 Å². The van der Waals surface area contributed by atoms with Crippen molar-refractivity contribution in [3.05, 3.63) is 0 Å². The molecule has 0 saturated heterocycles. The van der Waals surface area contributed by atoms with Crippen LogP contribution in [0.3, 0.4) is 0 Å². The van der Waals surface area contributed by atoms with Crippen molar-refractivity contribution in [1.29, 1.82) is 0 Å². The highest BCUT2D eigenvalue weighted by Crippen LogP contribution is 2.11. The van der Waals surface area contributed by atoms with E-state index in [2.05, 4.69) is 31.4 Å². The predicted molar refractivity (Wildman–Crippen MR) is 92.7 cm³/mol. The van der Waals surface area contributed by atoms with Gasteiger partial charge in [-0.05, 0) is 20.8 Å². The third-order valence-corrected chi connectivity index (χ3v) is 2.86. The summed E-state index contributed by atoms with van der Waals surface area (Å²) < 4.78 is 16.3. The molecule has 6 nitrogen and oxygen atoms in total. The first-order valence-electron chi connectivity index (χ1n) is 8.39. The molecule has 23 heavy (non-hydrogen) atoms. The van der Waals surface area contributed by atoms with Crippen LogP contribution in [0.4, 0.5) is 0 Å². The summed E-state index contributed by atoms with van der Waals surface area (Å²) in [6, 6.07) is 0. The zero-order valence-electron chi connectivity index (χ0n) is 15.8. The molecule has 2 N–H and O–H groups in total. The van der Waals surface area contributed by atoms with Gasteiger partial charge < -0.3 is 24.8 Å². The topological polar surface area (TPSA) is 68.8 Å². The molecule has 1 amide bonds. The van der Waals surface area contributed by atoms with Crippen molar-refractivity contribution in [2.24, 2.45) is 5.41 Å². The molecular formula is C17H36N2O4. The average Bonchev–Trinajstić information content (AvgIpc) is 2.41. The van der Waals surface area contributed by atoms with Gasteiger partial charge in [0.1, 0.15) is 0 Å². The molecule has 0 aromatic heterocycles. The second-order valence-electron chi connectivity index (χ2n) is 7.52. The number of rotatable bonds is 12. The van der Waals surface area contributed by atoms with E-state index in [-0.39, 0.29) is 16.9 Å². The SMILES string of the molecule is CC(C)(C)NCCOCCOCCOCCNC(=O)C(C)(C)C. The van der Waals surface area contributed by atoms with Gasteiger partial charge in [-0.15, -0.1) is 0 Å². The summed E-state index contributed by atoms with van der Waals surface area (Å²) in [6.45, 7) is 16.8. The van der Waals surface area contributed by atoms with Gasteiger partial charge in [0.15, 0.2) is 0 Å². The fraction of sp³-hybridized carbons (Fsp3) is 0.941. The minimum absolute atomic E-state index is 0.0375. The summed E-state index contributed by atoms with van der Waals surface area (Å²) in [4.78, 5) is 11.6. The van der Waals surface area contributed by atoms with Gasteiger partial charge in [0, 0.05) is 24.0 Å². The van der Waals surface area contributed by atoms with Crippen LogP contribution >= 0.6 is 0 Å². The minimum atomic E-state index is -0.356. The van der Waals surface area contributed by atoms with Crippen LogP contribution in [0, 0.1) is 5.41 Å². The molecule has 0 bridgehead atoms. The zero-order chi connectivity index (χ0) is 17.8. The maximum Gasteiger partial charge on any atom is 0.225 e. The summed E-state index contributed by atoms with van der Waals surface area (Å²) >= 11 is 0. The average molecular weight is 332 g/mol. The maximum atomic E-state index is 11.6. The Morgan fingerprint density at radius 1 is 0.739 bits per heavy atom. The van der Waals surface area contributed by atoms with E-state index >= 15 is 0 Å². The van der Waals surface area contributed by atoms with Crippen LogP contribution in [0.1, 0.15) is 41.5 Å². The largest absolute Gasteiger partial charge is 0.378 e. The van der Waals surface area contributed by atoms with Crippen molar-refractivity contribution >= 4 is 5.91 Å². The van der Waals surface area contributed by atoms with Crippen molar-refractivity contribution in [2.75, 3.05) is 52.7 Å². The van der Waals surface area contributed by atoms with Crippen LogP contribution in [0.5, 0.6) is 0 Å². The van der Waals surface area contributed by atoms with Crippen molar-refractivity contribution in [3.63, 3.8) is 0 Å². The Morgan fingerprint density at radius 2 is 1.17 bits per heavy atom. The molecule has 0 aliphatic heterocycles. The Morgan fingerprint density at radius 3 is 1.61 bits per heavy atom. The lowest BCUT2D eigenvalue weighted by atomic mass is 9.96. The summed E-state index contributed by atoms with van der Waals surface area (Å²) in [6.07, 6.45) is 0. The van der Waals surface area contributed by atoms with Crippen molar-refractivity contribution in [1.82, 2.24) is 10.6 Å². The summed E-state index contributed by atoms with van der Waals surface area (Å²) in [5.74, 6) is 0.0375. The Bertz CT molecular complexity index is 309. The molecule has 0 saturated carbocycles. The van der Waals surface area contributed by atoms with E-state index in [4.69, 9.17) is 14.2 Å². The highest BCUT2D eigenvalue weighted by molar-refractivity contribution is 5.81. The van der Waals surface area contributed by atoms with Crippen molar-refractivity contribution in [2.45, 2.75) is 47.1 Å². The number of carbonyl (C=O) groups is 1.